The summed E-state index contributed by atoms with van der Waals surface area (Å²) in [5, 5.41) is 16.3. The van der Waals surface area contributed by atoms with Crippen molar-refractivity contribution < 1.29 is 18.6 Å². The van der Waals surface area contributed by atoms with E-state index in [4.69, 9.17) is 10.2 Å². The summed E-state index contributed by atoms with van der Waals surface area (Å²) >= 11 is 0. The van der Waals surface area contributed by atoms with Crippen LogP contribution in [0.15, 0.2) is 0 Å². The van der Waals surface area contributed by atoms with E-state index < -0.39 is 16.6 Å². The van der Waals surface area contributed by atoms with Crippen LogP contribution in [0.4, 0.5) is 0 Å². The summed E-state index contributed by atoms with van der Waals surface area (Å²) in [5.41, 5.74) is 0. The van der Waals surface area contributed by atoms with Crippen LogP contribution in [-0.2, 0) is 10.3 Å². The fourth-order valence-corrected chi connectivity index (χ4v) is 0. The van der Waals surface area contributed by atoms with Gasteiger partial charge < -0.3 is 10.2 Å². The van der Waals surface area contributed by atoms with Crippen LogP contribution in [0, 0.1) is 0 Å². The number of hydrogen-bond acceptors (Lipinski definition) is 4. The van der Waals surface area contributed by atoms with Gasteiger partial charge in [0.05, 0.1) is 0 Å². The molecule has 0 heterocycles. The largest absolute Gasteiger partial charge is 0.368 e. The van der Waals surface area contributed by atoms with E-state index in [0.717, 1.165) is 5.37 Å². The van der Waals surface area contributed by atoms with E-state index in [9.17, 15) is 8.42 Å². The molecule has 0 aromatic heterocycles. The van der Waals surface area contributed by atoms with Crippen molar-refractivity contribution in [3.05, 3.63) is 0 Å². The fraction of sp³-hybridized carbons (Fsp3) is 0.750. The summed E-state index contributed by atoms with van der Waals surface area (Å²) in [7, 11) is -1.95. The van der Waals surface area contributed by atoms with Gasteiger partial charge in [0.25, 0.3) is 0 Å². The highest BCUT2D eigenvalue weighted by Gasteiger charge is 1.70. The van der Waals surface area contributed by atoms with Gasteiger partial charge in [0.1, 0.15) is 6.29 Å². The normalized spacial score (nSPS) is 7.67. The molecule has 4 nitrogen and oxygen atoms in total. The Morgan fingerprint density at radius 1 is 1.44 bits per heavy atom. The Bertz CT molecular complexity index is 145. The molecule has 0 amide bonds. The first kappa shape index (κ1) is 11.4. The van der Waals surface area contributed by atoms with Gasteiger partial charge in [-0.1, -0.05) is 0 Å². The van der Waals surface area contributed by atoms with Crippen molar-refractivity contribution in [2.45, 2.75) is 20.1 Å². The topological polar surface area (TPSA) is 74.6 Å². The fourth-order valence-electron chi connectivity index (χ4n) is 0. The van der Waals surface area contributed by atoms with E-state index in [-0.39, 0.29) is 0 Å². The zero-order valence-electron chi connectivity index (χ0n) is 5.27. The lowest BCUT2D eigenvalue weighted by Gasteiger charge is -1.80. The Hall–Kier alpha value is -0.390. The maximum Gasteiger partial charge on any atom is 0.209 e. The second kappa shape index (κ2) is 7.61. The smallest absolute Gasteiger partial charge is 0.209 e. The van der Waals surface area contributed by atoms with Crippen LogP contribution in [0.1, 0.15) is 13.8 Å². The molecule has 0 saturated heterocycles. The molecule has 0 unspecified atom stereocenters. The average Bonchev–Trinajstić information content (AvgIpc) is 1.65. The van der Waals surface area contributed by atoms with Gasteiger partial charge in [0, 0.05) is 5.37 Å². The lowest BCUT2D eigenvalue weighted by molar-refractivity contribution is -0.0228. The first-order chi connectivity index (χ1) is 4.00. The minimum atomic E-state index is -1.95. The quantitative estimate of drug-likeness (QED) is 0.347. The molecule has 0 aliphatic rings. The highest BCUT2D eigenvalue weighted by atomic mass is 32.2. The summed E-state index contributed by atoms with van der Waals surface area (Å²) in [4.78, 5) is 0. The van der Waals surface area contributed by atoms with Crippen LogP contribution in [0.25, 0.3) is 0 Å². The molecule has 0 bridgehead atoms. The average molecular weight is 154 g/mol. The first-order valence-electron chi connectivity index (χ1n) is 2.24. The minimum absolute atomic E-state index is 1.08. The van der Waals surface area contributed by atoms with Gasteiger partial charge in [-0.15, -0.1) is 0 Å². The molecule has 0 aromatic rings. The minimum Gasteiger partial charge on any atom is -0.368 e. The van der Waals surface area contributed by atoms with Crippen molar-refractivity contribution >= 4 is 15.7 Å². The molecular formula is C4H10O4S. The van der Waals surface area contributed by atoms with Crippen LogP contribution >= 0.6 is 0 Å². The molecule has 9 heavy (non-hydrogen) atoms. The molecule has 56 valence electrons. The van der Waals surface area contributed by atoms with Gasteiger partial charge >= 0.3 is 0 Å². The van der Waals surface area contributed by atoms with E-state index in [2.05, 4.69) is 0 Å². The number of aliphatic hydroxyl groups is 2. The van der Waals surface area contributed by atoms with Crippen molar-refractivity contribution in [3.63, 3.8) is 0 Å². The molecule has 0 rings (SSSR count). The predicted molar refractivity (Wildman–Crippen MR) is 34.6 cm³/mol. The van der Waals surface area contributed by atoms with Gasteiger partial charge in [0.2, 0.25) is 10.3 Å². The molecule has 0 aliphatic carbocycles. The molecule has 0 fully saturated rings. The lowest BCUT2D eigenvalue weighted by Crippen LogP contribution is -1.92. The Labute approximate surface area is 55.3 Å². The second-order valence-electron chi connectivity index (χ2n) is 1.13. The lowest BCUT2D eigenvalue weighted by atomic mass is 10.8. The van der Waals surface area contributed by atoms with E-state index in [1.54, 1.807) is 0 Å². The van der Waals surface area contributed by atoms with Crippen LogP contribution in [0.3, 0.4) is 0 Å². The molecule has 0 atom stereocenters. The molecular weight excluding hydrogens is 144 g/mol. The third-order valence-corrected chi connectivity index (χ3v) is 0.577. The molecule has 0 aromatic carbocycles. The third kappa shape index (κ3) is 92.4. The van der Waals surface area contributed by atoms with Gasteiger partial charge in [-0.05, 0) is 13.8 Å². The van der Waals surface area contributed by atoms with Gasteiger partial charge in [-0.3, -0.25) is 0 Å². The van der Waals surface area contributed by atoms with Crippen molar-refractivity contribution in [1.82, 2.24) is 0 Å². The number of rotatable bonds is 0. The monoisotopic (exact) mass is 154 g/mol. The number of hydrogen-bond donors (Lipinski definition) is 2. The van der Waals surface area contributed by atoms with Crippen molar-refractivity contribution in [2.24, 2.45) is 0 Å². The van der Waals surface area contributed by atoms with Crippen LogP contribution in [0.5, 0.6) is 0 Å². The Balaban J connectivity index is 0. The van der Waals surface area contributed by atoms with Crippen LogP contribution in [-0.4, -0.2) is 30.3 Å². The van der Waals surface area contributed by atoms with Gasteiger partial charge in [-0.25, -0.2) is 0 Å². The van der Waals surface area contributed by atoms with E-state index in [1.165, 1.54) is 13.8 Å². The molecule has 0 radical (unpaired) electrons. The van der Waals surface area contributed by atoms with Crippen LogP contribution < -0.4 is 0 Å². The standard InChI is InChI=1S/C2H4O2S.C2H6O2/c1-2-5(3)4;1-2(3)4/h2H,1H3;2-4H,1H3. The highest BCUT2D eigenvalue weighted by Crippen LogP contribution is 1.57. The van der Waals surface area contributed by atoms with E-state index in [1.807, 2.05) is 0 Å². The Morgan fingerprint density at radius 2 is 1.56 bits per heavy atom. The highest BCUT2D eigenvalue weighted by molar-refractivity contribution is 7.71. The summed E-state index contributed by atoms with van der Waals surface area (Å²) in [6.07, 6.45) is -1.17. The SMILES string of the molecule is CC(O)O.CC=S(=O)=O. The molecule has 5 heteroatoms. The second-order valence-corrected chi connectivity index (χ2v) is 2.12. The first-order valence-corrected chi connectivity index (χ1v) is 3.38. The molecule has 0 spiro atoms. The zero-order valence-corrected chi connectivity index (χ0v) is 6.09. The van der Waals surface area contributed by atoms with Gasteiger partial charge in [0.15, 0.2) is 0 Å². The Kier molecular flexibility index (Phi) is 9.65. The number of aliphatic hydroxyl groups excluding tert-OH is 1. The van der Waals surface area contributed by atoms with Crippen molar-refractivity contribution in [3.8, 4) is 0 Å². The summed E-state index contributed by atoms with van der Waals surface area (Å²) in [6.45, 7) is 2.74. The van der Waals surface area contributed by atoms with E-state index >= 15 is 0 Å². The molecule has 0 aliphatic heterocycles. The third-order valence-electron chi connectivity index (χ3n) is 0.192. The zero-order chi connectivity index (χ0) is 7.86. The van der Waals surface area contributed by atoms with Crippen LogP contribution in [0.2, 0.25) is 0 Å². The van der Waals surface area contributed by atoms with E-state index in [0.29, 0.717) is 0 Å². The maximum atomic E-state index is 9.31. The molecule has 0 saturated carbocycles. The van der Waals surface area contributed by atoms with Gasteiger partial charge in [-0.2, -0.15) is 8.42 Å². The van der Waals surface area contributed by atoms with Crippen molar-refractivity contribution in [2.75, 3.05) is 0 Å². The maximum absolute atomic E-state index is 9.31. The molecule has 2 N–H and O–H groups in total. The predicted octanol–water partition coefficient (Wildman–Crippen LogP) is -0.995. The Morgan fingerprint density at radius 3 is 1.56 bits per heavy atom. The van der Waals surface area contributed by atoms with Crippen molar-refractivity contribution in [1.29, 1.82) is 0 Å². The summed E-state index contributed by atoms with van der Waals surface area (Å²) in [5.74, 6) is 0. The summed E-state index contributed by atoms with van der Waals surface area (Å²) < 4.78 is 18.6. The summed E-state index contributed by atoms with van der Waals surface area (Å²) in [6, 6.07) is 0.